The van der Waals surface area contributed by atoms with Crippen molar-refractivity contribution in [3.05, 3.63) is 52.8 Å². The Kier molecular flexibility index (Phi) is 4.98. The van der Waals surface area contributed by atoms with Crippen molar-refractivity contribution in [3.63, 3.8) is 0 Å². The third kappa shape index (κ3) is 3.83. The molecule has 2 N–H and O–H groups in total. The molecule has 2 rings (SSSR count). The van der Waals surface area contributed by atoms with Gasteiger partial charge in [0, 0.05) is 10.7 Å². The largest absolute Gasteiger partial charge is 0.329 e. The van der Waals surface area contributed by atoms with Gasteiger partial charge in [-0.05, 0) is 42.3 Å². The molecule has 110 valence electrons. The summed E-state index contributed by atoms with van der Waals surface area (Å²) in [5, 5.41) is 2.27. The van der Waals surface area contributed by atoms with Crippen LogP contribution in [0.25, 0.3) is 0 Å². The lowest BCUT2D eigenvalue weighted by atomic mass is 10.3. The lowest BCUT2D eigenvalue weighted by molar-refractivity contribution is -0.105. The minimum Gasteiger partial charge on any atom is -0.329 e. The maximum absolute atomic E-state index is 13.6. The van der Waals surface area contributed by atoms with Gasteiger partial charge in [-0.2, -0.15) is 0 Å². The number of nitrogens with one attached hydrogen (secondary N) is 2. The van der Waals surface area contributed by atoms with Crippen LogP contribution >= 0.6 is 23.5 Å². The highest BCUT2D eigenvalue weighted by atomic mass is 35.5. The zero-order valence-corrected chi connectivity index (χ0v) is 11.9. The van der Waals surface area contributed by atoms with E-state index in [4.69, 9.17) is 11.6 Å². The average Bonchev–Trinajstić information content (AvgIpc) is 2.41. The molecule has 0 aliphatic rings. The maximum atomic E-state index is 13.6. The summed E-state index contributed by atoms with van der Waals surface area (Å²) in [6.07, 6.45) is 0.438. The molecule has 2 aromatic rings. The van der Waals surface area contributed by atoms with Crippen LogP contribution in [-0.4, -0.2) is 6.41 Å². The Balaban J connectivity index is 2.20. The van der Waals surface area contributed by atoms with Crippen molar-refractivity contribution in [2.45, 2.75) is 4.90 Å². The number of rotatable bonds is 5. The summed E-state index contributed by atoms with van der Waals surface area (Å²) in [5.74, 6) is -2.39. The molecule has 0 heterocycles. The fourth-order valence-electron chi connectivity index (χ4n) is 1.49. The van der Waals surface area contributed by atoms with E-state index >= 15 is 0 Å². The Morgan fingerprint density at radius 3 is 2.33 bits per heavy atom. The zero-order chi connectivity index (χ0) is 15.4. The third-order valence-electron chi connectivity index (χ3n) is 2.43. The number of halogens is 4. The first-order chi connectivity index (χ1) is 10.0. The number of benzene rings is 2. The van der Waals surface area contributed by atoms with E-state index in [2.05, 4.69) is 10.0 Å². The van der Waals surface area contributed by atoms with Crippen molar-refractivity contribution in [2.75, 3.05) is 10.0 Å². The second-order valence-electron chi connectivity index (χ2n) is 3.86. The molecule has 0 fully saturated rings. The molecule has 0 unspecified atom stereocenters. The second-order valence-corrected chi connectivity index (χ2v) is 5.14. The van der Waals surface area contributed by atoms with Crippen molar-refractivity contribution in [1.29, 1.82) is 0 Å². The highest BCUT2D eigenvalue weighted by Gasteiger charge is 2.12. The van der Waals surface area contributed by atoms with Crippen LogP contribution in [-0.2, 0) is 4.79 Å². The molecule has 0 aliphatic heterocycles. The van der Waals surface area contributed by atoms with Gasteiger partial charge in [-0.1, -0.05) is 11.6 Å². The Labute approximate surface area is 127 Å². The van der Waals surface area contributed by atoms with Gasteiger partial charge in [0.05, 0.1) is 4.90 Å². The molecule has 0 radical (unpaired) electrons. The highest BCUT2D eigenvalue weighted by molar-refractivity contribution is 8.00. The summed E-state index contributed by atoms with van der Waals surface area (Å²) in [4.78, 5) is 10.4. The van der Waals surface area contributed by atoms with E-state index in [1.165, 1.54) is 12.1 Å². The van der Waals surface area contributed by atoms with Crippen LogP contribution in [0, 0.1) is 17.5 Å². The molecule has 0 saturated carbocycles. The van der Waals surface area contributed by atoms with Crippen molar-refractivity contribution < 1.29 is 18.0 Å². The SMILES string of the molecule is O=CNc1ccc(F)c(SNc2c(F)cc(Cl)cc2F)c1. The van der Waals surface area contributed by atoms with Gasteiger partial charge >= 0.3 is 0 Å². The summed E-state index contributed by atoms with van der Waals surface area (Å²) >= 11 is 6.17. The van der Waals surface area contributed by atoms with Gasteiger partial charge in [0.25, 0.3) is 0 Å². The predicted octanol–water partition coefficient (Wildman–Crippen LogP) is 4.44. The van der Waals surface area contributed by atoms with Gasteiger partial charge in [0.15, 0.2) is 11.6 Å². The number of anilines is 2. The van der Waals surface area contributed by atoms with Crippen molar-refractivity contribution in [1.82, 2.24) is 0 Å². The standard InChI is InChI=1S/C13H8ClF3N2OS/c14-7-3-10(16)13(11(17)4-7)19-21-12-5-8(18-6-20)1-2-9(12)15/h1-6,19H,(H,18,20). The number of amides is 1. The van der Waals surface area contributed by atoms with Gasteiger partial charge in [-0.25, -0.2) is 13.2 Å². The van der Waals surface area contributed by atoms with Crippen LogP contribution in [0.5, 0.6) is 0 Å². The normalized spacial score (nSPS) is 10.3. The first kappa shape index (κ1) is 15.5. The minimum absolute atomic E-state index is 0.0654. The summed E-state index contributed by atoms with van der Waals surface area (Å²) in [6.45, 7) is 0. The first-order valence-corrected chi connectivity index (χ1v) is 6.78. The zero-order valence-electron chi connectivity index (χ0n) is 10.3. The van der Waals surface area contributed by atoms with E-state index in [1.54, 1.807) is 0 Å². The summed E-state index contributed by atoms with van der Waals surface area (Å²) in [7, 11) is 0. The summed E-state index contributed by atoms with van der Waals surface area (Å²) < 4.78 is 43.1. The predicted molar refractivity (Wildman–Crippen MR) is 76.9 cm³/mol. The van der Waals surface area contributed by atoms with Crippen LogP contribution in [0.15, 0.2) is 35.2 Å². The van der Waals surface area contributed by atoms with Crippen molar-refractivity contribution in [2.24, 2.45) is 0 Å². The molecular weight excluding hydrogens is 325 g/mol. The molecule has 21 heavy (non-hydrogen) atoms. The molecule has 0 bridgehead atoms. The van der Waals surface area contributed by atoms with E-state index in [1.807, 2.05) is 0 Å². The fourth-order valence-corrected chi connectivity index (χ4v) is 2.44. The minimum atomic E-state index is -0.893. The second kappa shape index (κ2) is 6.73. The molecule has 3 nitrogen and oxygen atoms in total. The smallest absolute Gasteiger partial charge is 0.211 e. The average molecular weight is 333 g/mol. The molecule has 2 aromatic carbocycles. The van der Waals surface area contributed by atoms with Crippen LogP contribution < -0.4 is 10.0 Å². The number of carbonyl (C=O) groups is 1. The Morgan fingerprint density at radius 2 is 1.71 bits per heavy atom. The lowest BCUT2D eigenvalue weighted by Crippen LogP contribution is -1.98. The summed E-state index contributed by atoms with van der Waals surface area (Å²) in [5.41, 5.74) is -0.0784. The third-order valence-corrected chi connectivity index (χ3v) is 3.48. The molecule has 0 aromatic heterocycles. The van der Waals surface area contributed by atoms with Gasteiger partial charge in [0.1, 0.15) is 11.5 Å². The van der Waals surface area contributed by atoms with Gasteiger partial charge in [-0.15, -0.1) is 0 Å². The van der Waals surface area contributed by atoms with E-state index in [-0.39, 0.29) is 9.92 Å². The molecule has 0 spiro atoms. The Morgan fingerprint density at radius 1 is 1.05 bits per heavy atom. The molecule has 1 amide bonds. The quantitative estimate of drug-likeness (QED) is 0.628. The molecule has 0 aliphatic carbocycles. The van der Waals surface area contributed by atoms with Crippen LogP contribution in [0.1, 0.15) is 0 Å². The van der Waals surface area contributed by atoms with E-state index in [9.17, 15) is 18.0 Å². The topological polar surface area (TPSA) is 41.1 Å². The van der Waals surface area contributed by atoms with Crippen molar-refractivity contribution >= 4 is 41.3 Å². The van der Waals surface area contributed by atoms with Crippen molar-refractivity contribution in [3.8, 4) is 0 Å². The lowest BCUT2D eigenvalue weighted by Gasteiger charge is -2.10. The number of hydrogen-bond donors (Lipinski definition) is 2. The van der Waals surface area contributed by atoms with Gasteiger partial charge < -0.3 is 10.0 Å². The van der Waals surface area contributed by atoms with Gasteiger partial charge in [0.2, 0.25) is 6.41 Å². The van der Waals surface area contributed by atoms with E-state index in [0.29, 0.717) is 24.0 Å². The van der Waals surface area contributed by atoms with Gasteiger partial charge in [-0.3, -0.25) is 4.79 Å². The highest BCUT2D eigenvalue weighted by Crippen LogP contribution is 2.30. The fraction of sp³-hybridized carbons (Fsp3) is 0. The monoisotopic (exact) mass is 332 g/mol. The van der Waals surface area contributed by atoms with E-state index in [0.717, 1.165) is 18.2 Å². The molecule has 0 saturated heterocycles. The molecular formula is C13H8ClF3N2OS. The van der Waals surface area contributed by atoms with Crippen LogP contribution in [0.4, 0.5) is 24.5 Å². The van der Waals surface area contributed by atoms with Crippen LogP contribution in [0.2, 0.25) is 5.02 Å². The molecule has 8 heteroatoms. The molecule has 0 atom stereocenters. The Bertz CT molecular complexity index is 661. The number of carbonyl (C=O) groups excluding carboxylic acids is 1. The Hall–Kier alpha value is -1.86. The number of hydrogen-bond acceptors (Lipinski definition) is 3. The van der Waals surface area contributed by atoms with E-state index < -0.39 is 23.1 Å². The maximum Gasteiger partial charge on any atom is 0.211 e. The summed E-state index contributed by atoms with van der Waals surface area (Å²) in [6, 6.07) is 5.69. The first-order valence-electron chi connectivity index (χ1n) is 5.58. The van der Waals surface area contributed by atoms with Crippen LogP contribution in [0.3, 0.4) is 0 Å².